The smallest absolute Gasteiger partial charge is 0.244 e. The maximum atomic E-state index is 12.3. The number of piperidine rings is 1. The van der Waals surface area contributed by atoms with Crippen LogP contribution in [0.3, 0.4) is 0 Å². The number of hydrogen-bond donors (Lipinski definition) is 1. The summed E-state index contributed by atoms with van der Waals surface area (Å²) in [5.74, 6) is -0.535. The van der Waals surface area contributed by atoms with Gasteiger partial charge in [0.2, 0.25) is 11.8 Å². The molecule has 6 heteroatoms. The van der Waals surface area contributed by atoms with Crippen LogP contribution < -0.4 is 5.32 Å². The predicted octanol–water partition coefficient (Wildman–Crippen LogP) is 1.62. The minimum absolute atomic E-state index is 0.0558. The van der Waals surface area contributed by atoms with Gasteiger partial charge in [-0.25, -0.2) is 0 Å². The summed E-state index contributed by atoms with van der Waals surface area (Å²) < 4.78 is 12.3. The standard InChI is InChI=1S/C17H24N2O3S/c1-13-8-4-5-9-15(13)23(22)12-16(20)18-14(2)17(21)19-10-6-3-7-11-19/h4-5,8-9,14H,3,6-7,10-12H2,1-2H3,(H,18,20)/t14-,23+/m0/s1. The molecule has 1 heterocycles. The van der Waals surface area contributed by atoms with Gasteiger partial charge in [-0.15, -0.1) is 0 Å². The minimum atomic E-state index is -1.40. The Bertz CT molecular complexity index is 597. The zero-order valence-electron chi connectivity index (χ0n) is 13.7. The lowest BCUT2D eigenvalue weighted by Crippen LogP contribution is -2.49. The van der Waals surface area contributed by atoms with E-state index in [1.54, 1.807) is 24.0 Å². The van der Waals surface area contributed by atoms with E-state index in [0.717, 1.165) is 37.9 Å². The zero-order chi connectivity index (χ0) is 16.8. The van der Waals surface area contributed by atoms with Crippen molar-refractivity contribution in [3.05, 3.63) is 29.8 Å². The lowest BCUT2D eigenvalue weighted by atomic mass is 10.1. The first-order chi connectivity index (χ1) is 11.0. The maximum Gasteiger partial charge on any atom is 0.244 e. The van der Waals surface area contributed by atoms with Crippen LogP contribution in [0.25, 0.3) is 0 Å². The van der Waals surface area contributed by atoms with Gasteiger partial charge < -0.3 is 10.2 Å². The second-order valence-electron chi connectivity index (χ2n) is 5.93. The summed E-state index contributed by atoms with van der Waals surface area (Å²) >= 11 is 0. The molecule has 23 heavy (non-hydrogen) atoms. The summed E-state index contributed by atoms with van der Waals surface area (Å²) in [5.41, 5.74) is 0.899. The molecule has 0 bridgehead atoms. The highest BCUT2D eigenvalue weighted by atomic mass is 32.2. The third-order valence-corrected chi connectivity index (χ3v) is 5.49. The first kappa shape index (κ1) is 17.7. The number of rotatable bonds is 5. The van der Waals surface area contributed by atoms with Crippen molar-refractivity contribution < 1.29 is 13.8 Å². The Morgan fingerprint density at radius 3 is 2.52 bits per heavy atom. The Labute approximate surface area is 139 Å². The number of amides is 2. The lowest BCUT2D eigenvalue weighted by Gasteiger charge is -2.29. The van der Waals surface area contributed by atoms with Gasteiger partial charge in [0.1, 0.15) is 11.8 Å². The summed E-state index contributed by atoms with van der Waals surface area (Å²) in [6.07, 6.45) is 3.19. The molecule has 1 N–H and O–H groups in total. The summed E-state index contributed by atoms with van der Waals surface area (Å²) in [5, 5.41) is 2.67. The highest BCUT2D eigenvalue weighted by Gasteiger charge is 2.24. The monoisotopic (exact) mass is 336 g/mol. The van der Waals surface area contributed by atoms with Gasteiger partial charge >= 0.3 is 0 Å². The largest absolute Gasteiger partial charge is 0.344 e. The van der Waals surface area contributed by atoms with Crippen molar-refractivity contribution in [1.82, 2.24) is 10.2 Å². The van der Waals surface area contributed by atoms with Crippen LogP contribution in [0.15, 0.2) is 29.2 Å². The van der Waals surface area contributed by atoms with Crippen LogP contribution in [0.2, 0.25) is 0 Å². The molecule has 0 unspecified atom stereocenters. The molecule has 1 fully saturated rings. The highest BCUT2D eigenvalue weighted by molar-refractivity contribution is 7.85. The van der Waals surface area contributed by atoms with Gasteiger partial charge in [0, 0.05) is 18.0 Å². The molecule has 0 aliphatic carbocycles. The number of likely N-dealkylation sites (tertiary alicyclic amines) is 1. The van der Waals surface area contributed by atoms with Crippen molar-refractivity contribution in [3.8, 4) is 0 Å². The molecule has 0 saturated carbocycles. The highest BCUT2D eigenvalue weighted by Crippen LogP contribution is 2.13. The lowest BCUT2D eigenvalue weighted by molar-refractivity contribution is -0.136. The molecule has 0 aromatic heterocycles. The van der Waals surface area contributed by atoms with Crippen LogP contribution in [-0.4, -0.2) is 45.8 Å². The molecule has 1 saturated heterocycles. The molecule has 1 aromatic carbocycles. The average molecular weight is 336 g/mol. The fourth-order valence-electron chi connectivity index (χ4n) is 2.74. The number of aryl methyl sites for hydroxylation is 1. The number of carbonyl (C=O) groups excluding carboxylic acids is 2. The fraction of sp³-hybridized carbons (Fsp3) is 0.529. The Hall–Kier alpha value is -1.69. The summed E-state index contributed by atoms with van der Waals surface area (Å²) in [4.78, 5) is 26.8. The Kier molecular flexibility index (Phi) is 6.33. The van der Waals surface area contributed by atoms with Crippen LogP contribution in [-0.2, 0) is 20.4 Å². The molecule has 2 amide bonds. The van der Waals surface area contributed by atoms with Crippen LogP contribution in [0, 0.1) is 6.92 Å². The van der Waals surface area contributed by atoms with Crippen molar-refractivity contribution in [2.75, 3.05) is 18.8 Å². The first-order valence-corrected chi connectivity index (χ1v) is 9.33. The van der Waals surface area contributed by atoms with E-state index in [1.807, 2.05) is 19.1 Å². The SMILES string of the molecule is Cc1ccccc1[S@](=O)CC(=O)N[C@@H](C)C(=O)N1CCCCC1. The van der Waals surface area contributed by atoms with Crippen LogP contribution in [0.1, 0.15) is 31.7 Å². The summed E-state index contributed by atoms with van der Waals surface area (Å²) in [7, 11) is -1.40. The van der Waals surface area contributed by atoms with Crippen molar-refractivity contribution >= 4 is 22.6 Å². The normalized spacial score (nSPS) is 17.4. The van der Waals surface area contributed by atoms with Gasteiger partial charge in [0.15, 0.2) is 0 Å². The number of carbonyl (C=O) groups is 2. The molecular weight excluding hydrogens is 312 g/mol. The molecule has 126 valence electrons. The van der Waals surface area contributed by atoms with Gasteiger partial charge in [-0.05, 0) is 44.7 Å². The Morgan fingerprint density at radius 1 is 1.22 bits per heavy atom. The number of benzene rings is 1. The Morgan fingerprint density at radius 2 is 1.87 bits per heavy atom. The van der Waals surface area contributed by atoms with E-state index in [4.69, 9.17) is 0 Å². The molecule has 0 radical (unpaired) electrons. The minimum Gasteiger partial charge on any atom is -0.344 e. The zero-order valence-corrected chi connectivity index (χ0v) is 14.5. The number of nitrogens with zero attached hydrogens (tertiary/aromatic N) is 1. The fourth-order valence-corrected chi connectivity index (χ4v) is 3.88. The number of hydrogen-bond acceptors (Lipinski definition) is 3. The molecule has 2 atom stereocenters. The first-order valence-electron chi connectivity index (χ1n) is 8.01. The molecule has 1 aliphatic heterocycles. The van der Waals surface area contributed by atoms with E-state index < -0.39 is 16.8 Å². The van der Waals surface area contributed by atoms with E-state index in [9.17, 15) is 13.8 Å². The van der Waals surface area contributed by atoms with E-state index in [1.165, 1.54) is 0 Å². The molecule has 5 nitrogen and oxygen atoms in total. The second kappa shape index (κ2) is 8.24. The van der Waals surface area contributed by atoms with Crippen molar-refractivity contribution in [2.24, 2.45) is 0 Å². The third kappa shape index (κ3) is 4.89. The van der Waals surface area contributed by atoms with E-state index >= 15 is 0 Å². The number of nitrogens with one attached hydrogen (secondary N) is 1. The second-order valence-corrected chi connectivity index (χ2v) is 7.35. The quantitative estimate of drug-likeness (QED) is 0.888. The van der Waals surface area contributed by atoms with Gasteiger partial charge in [-0.3, -0.25) is 13.8 Å². The molecule has 0 spiro atoms. The van der Waals surface area contributed by atoms with E-state index in [0.29, 0.717) is 4.90 Å². The maximum absolute atomic E-state index is 12.3. The van der Waals surface area contributed by atoms with Gasteiger partial charge in [0.25, 0.3) is 0 Å². The Balaban J connectivity index is 1.87. The molecular formula is C17H24N2O3S. The van der Waals surface area contributed by atoms with E-state index in [-0.39, 0.29) is 17.6 Å². The molecule has 1 aromatic rings. The average Bonchev–Trinajstić information content (AvgIpc) is 2.55. The van der Waals surface area contributed by atoms with Crippen molar-refractivity contribution in [3.63, 3.8) is 0 Å². The van der Waals surface area contributed by atoms with Crippen molar-refractivity contribution in [2.45, 2.75) is 44.0 Å². The molecule has 2 rings (SSSR count). The van der Waals surface area contributed by atoms with Crippen molar-refractivity contribution in [1.29, 1.82) is 0 Å². The van der Waals surface area contributed by atoms with Crippen LogP contribution in [0.5, 0.6) is 0 Å². The van der Waals surface area contributed by atoms with Crippen LogP contribution in [0.4, 0.5) is 0 Å². The van der Waals surface area contributed by atoms with Gasteiger partial charge in [-0.2, -0.15) is 0 Å². The summed E-state index contributed by atoms with van der Waals surface area (Å²) in [6.45, 7) is 5.07. The van der Waals surface area contributed by atoms with Gasteiger partial charge in [0.05, 0.1) is 10.8 Å². The van der Waals surface area contributed by atoms with Crippen LogP contribution >= 0.6 is 0 Å². The predicted molar refractivity (Wildman–Crippen MR) is 90.5 cm³/mol. The van der Waals surface area contributed by atoms with E-state index in [2.05, 4.69) is 5.32 Å². The van der Waals surface area contributed by atoms with Gasteiger partial charge in [-0.1, -0.05) is 18.2 Å². The molecule has 1 aliphatic rings. The third-order valence-electron chi connectivity index (χ3n) is 4.02. The topological polar surface area (TPSA) is 66.5 Å². The summed E-state index contributed by atoms with van der Waals surface area (Å²) in [6, 6.07) is 6.74.